The third-order valence-electron chi connectivity index (χ3n) is 10.6. The summed E-state index contributed by atoms with van der Waals surface area (Å²) in [6.45, 7) is 2.70. The van der Waals surface area contributed by atoms with Crippen LogP contribution in [0.25, 0.3) is 11.2 Å². The Kier molecular flexibility index (Phi) is 24.6. The summed E-state index contributed by atoms with van der Waals surface area (Å²) in [7, 11) is -4.87. The summed E-state index contributed by atoms with van der Waals surface area (Å²) in [6, 6.07) is 0. The number of nitrogen functional groups attached to an aromatic ring is 1. The van der Waals surface area contributed by atoms with Crippen LogP contribution in [-0.4, -0.2) is 90.8 Å². The van der Waals surface area contributed by atoms with E-state index in [1.807, 2.05) is 0 Å². The van der Waals surface area contributed by atoms with E-state index in [2.05, 4.69) is 28.8 Å². The van der Waals surface area contributed by atoms with Crippen LogP contribution in [0.5, 0.6) is 0 Å². The fourth-order valence-electron chi connectivity index (χ4n) is 7.06. The Morgan fingerprint density at radius 2 is 1.29 bits per heavy atom. The van der Waals surface area contributed by atoms with Gasteiger partial charge < -0.3 is 35.1 Å². The van der Waals surface area contributed by atoms with Crippen LogP contribution in [0.4, 0.5) is 10.2 Å². The van der Waals surface area contributed by atoms with Crippen LogP contribution < -0.4 is 5.73 Å². The number of unbranched alkanes of at least 4 members (excludes halogenated alkanes) is 20. The van der Waals surface area contributed by atoms with Gasteiger partial charge in [-0.15, -0.1) is 0 Å². The Labute approximate surface area is 349 Å². The highest BCUT2D eigenvalue weighted by atomic mass is 31.2. The fraction of sp³-hybridized carbons (Fsp3) is 0.829. The van der Waals surface area contributed by atoms with Crippen molar-refractivity contribution in [1.29, 1.82) is 0 Å². The number of phosphoric acid groups is 1. The monoisotopic (exact) mass is 859 g/mol. The number of carbonyl (C=O) groups is 2. The van der Waals surface area contributed by atoms with Gasteiger partial charge in [0.25, 0.3) is 0 Å². The molecule has 338 valence electrons. The summed E-state index contributed by atoms with van der Waals surface area (Å²) in [6.07, 6.45) is 18.2. The standard InChI is InChI=1S/C41H71FN5O11P/c1-3-5-7-9-11-13-15-17-19-21-23-25-33(48)54-27-31(57-34(49)26-24-22-20-18-16-14-12-10-8-6-4-2)28-55-59(52,53)56-29-32-36(50)37(51)40(58-32)47-30-44-35-38(43)45-41(42)46-39(35)47/h30-32,36-37,40,50-51H,3-29H2,1-2H3,(H,52,53)(H2,43,45,46)/t31?,32-,36-,37+,40-/m1/s1. The topological polar surface area (TPSA) is 228 Å². The molecule has 0 spiro atoms. The zero-order valence-corrected chi connectivity index (χ0v) is 36.2. The number of imidazole rings is 1. The van der Waals surface area contributed by atoms with Crippen LogP contribution in [0.2, 0.25) is 0 Å². The van der Waals surface area contributed by atoms with Crippen LogP contribution in [0.1, 0.15) is 174 Å². The van der Waals surface area contributed by atoms with E-state index in [9.17, 15) is 33.7 Å². The van der Waals surface area contributed by atoms with Gasteiger partial charge in [0.15, 0.2) is 29.3 Å². The van der Waals surface area contributed by atoms with E-state index < -0.39 is 69.7 Å². The summed E-state index contributed by atoms with van der Waals surface area (Å²) < 4.78 is 54.8. The van der Waals surface area contributed by atoms with Gasteiger partial charge in [0.1, 0.15) is 24.9 Å². The number of ether oxygens (including phenoxy) is 3. The van der Waals surface area contributed by atoms with E-state index in [0.717, 1.165) is 43.1 Å². The number of fused-ring (bicyclic) bond motifs is 1. The molecule has 0 aliphatic carbocycles. The molecule has 3 rings (SSSR count). The largest absolute Gasteiger partial charge is 0.472 e. The lowest BCUT2D eigenvalue weighted by Crippen LogP contribution is -2.34. The van der Waals surface area contributed by atoms with Crippen molar-refractivity contribution in [1.82, 2.24) is 19.5 Å². The van der Waals surface area contributed by atoms with Gasteiger partial charge in [-0.2, -0.15) is 14.4 Å². The van der Waals surface area contributed by atoms with Gasteiger partial charge in [0.2, 0.25) is 0 Å². The lowest BCUT2D eigenvalue weighted by atomic mass is 10.1. The van der Waals surface area contributed by atoms with E-state index in [4.69, 9.17) is 29.0 Å². The number of nitrogens with zero attached hydrogens (tertiary/aromatic N) is 4. The van der Waals surface area contributed by atoms with Crippen molar-refractivity contribution in [3.05, 3.63) is 12.4 Å². The molecule has 0 amide bonds. The molecule has 0 saturated carbocycles. The number of aliphatic hydroxyl groups is 2. The summed E-state index contributed by atoms with van der Waals surface area (Å²) in [5.41, 5.74) is 5.65. The van der Waals surface area contributed by atoms with E-state index in [1.54, 1.807) is 0 Å². The highest BCUT2D eigenvalue weighted by molar-refractivity contribution is 7.47. The van der Waals surface area contributed by atoms with Crippen molar-refractivity contribution in [3.63, 3.8) is 0 Å². The molecule has 2 aromatic heterocycles. The zero-order valence-electron chi connectivity index (χ0n) is 35.4. The highest BCUT2D eigenvalue weighted by Crippen LogP contribution is 2.45. The van der Waals surface area contributed by atoms with Gasteiger partial charge >= 0.3 is 25.8 Å². The van der Waals surface area contributed by atoms with Crippen molar-refractivity contribution in [2.45, 2.75) is 199 Å². The normalized spacial score (nSPS) is 19.6. The molecule has 0 radical (unpaired) electrons. The molecule has 5 N–H and O–H groups in total. The predicted octanol–water partition coefficient (Wildman–Crippen LogP) is 8.16. The minimum atomic E-state index is -4.87. The summed E-state index contributed by atoms with van der Waals surface area (Å²) in [4.78, 5) is 46.9. The first-order valence-electron chi connectivity index (χ1n) is 22.1. The summed E-state index contributed by atoms with van der Waals surface area (Å²) in [5, 5.41) is 21.3. The highest BCUT2D eigenvalue weighted by Gasteiger charge is 2.45. The molecule has 1 aliphatic heterocycles. The van der Waals surface area contributed by atoms with Gasteiger partial charge in [0.05, 0.1) is 19.5 Å². The number of phosphoric ester groups is 1. The lowest BCUT2D eigenvalue weighted by molar-refractivity contribution is -0.161. The van der Waals surface area contributed by atoms with Crippen LogP contribution in [0, 0.1) is 6.08 Å². The van der Waals surface area contributed by atoms with Crippen molar-refractivity contribution >= 4 is 36.7 Å². The van der Waals surface area contributed by atoms with Gasteiger partial charge in [0, 0.05) is 12.8 Å². The van der Waals surface area contributed by atoms with Crippen LogP contribution >= 0.6 is 7.82 Å². The second-order valence-electron chi connectivity index (χ2n) is 15.7. The maximum absolute atomic E-state index is 13.9. The summed E-state index contributed by atoms with van der Waals surface area (Å²) in [5.74, 6) is -1.26. The Hall–Kier alpha value is -2.79. The average Bonchev–Trinajstić information content (AvgIpc) is 3.75. The fourth-order valence-corrected chi connectivity index (χ4v) is 7.83. The van der Waals surface area contributed by atoms with Crippen LogP contribution in [0.15, 0.2) is 6.33 Å². The maximum Gasteiger partial charge on any atom is 0.472 e. The molecule has 18 heteroatoms. The Morgan fingerprint density at radius 1 is 0.780 bits per heavy atom. The second-order valence-corrected chi connectivity index (χ2v) is 17.1. The minimum absolute atomic E-state index is 0.0403. The van der Waals surface area contributed by atoms with E-state index in [0.29, 0.717) is 12.8 Å². The first kappa shape index (κ1) is 50.6. The second kappa shape index (κ2) is 28.7. The average molecular weight is 860 g/mol. The number of rotatable bonds is 34. The number of esters is 2. The van der Waals surface area contributed by atoms with E-state index in [-0.39, 0.29) is 36.4 Å². The van der Waals surface area contributed by atoms with Crippen molar-refractivity contribution in [3.8, 4) is 0 Å². The number of nitrogens with two attached hydrogens (primary N) is 1. The Balaban J connectivity index is 1.44. The number of halogens is 1. The molecular weight excluding hydrogens is 788 g/mol. The smallest absolute Gasteiger partial charge is 0.462 e. The molecule has 6 atom stereocenters. The van der Waals surface area contributed by atoms with Crippen LogP contribution in [-0.2, 0) is 37.4 Å². The van der Waals surface area contributed by atoms with Gasteiger partial charge in [-0.05, 0) is 12.8 Å². The Morgan fingerprint density at radius 3 is 1.83 bits per heavy atom. The van der Waals surface area contributed by atoms with Crippen molar-refractivity contribution in [2.75, 3.05) is 25.6 Å². The molecule has 1 saturated heterocycles. The third-order valence-corrected chi connectivity index (χ3v) is 11.5. The van der Waals surface area contributed by atoms with Gasteiger partial charge in [-0.1, -0.05) is 142 Å². The first-order chi connectivity index (χ1) is 28.5. The third kappa shape index (κ3) is 19.6. The predicted molar refractivity (Wildman–Crippen MR) is 220 cm³/mol. The number of hydrogen-bond acceptors (Lipinski definition) is 14. The maximum atomic E-state index is 13.9. The molecule has 2 unspecified atom stereocenters. The van der Waals surface area contributed by atoms with Crippen LogP contribution in [0.3, 0.4) is 0 Å². The molecule has 16 nitrogen and oxygen atoms in total. The molecule has 0 bridgehead atoms. The van der Waals surface area contributed by atoms with Crippen molar-refractivity contribution in [2.24, 2.45) is 0 Å². The lowest BCUT2D eigenvalue weighted by Gasteiger charge is -2.21. The number of aromatic nitrogens is 4. The molecule has 0 aromatic carbocycles. The van der Waals surface area contributed by atoms with E-state index in [1.165, 1.54) is 96.2 Å². The number of hydrogen-bond donors (Lipinski definition) is 4. The SMILES string of the molecule is CCCCCCCCCCCCCC(=O)OCC(COP(=O)(O)OC[C@H]1O[C@@H](n2cnc3c(N)nc(F)nc32)[C@@H](O)[C@@H]1O)OC(=O)CCCCCCCCCCCCC. The van der Waals surface area contributed by atoms with Crippen molar-refractivity contribution < 1.29 is 56.9 Å². The number of carbonyl (C=O) groups excluding carboxylic acids is 2. The molecule has 1 fully saturated rings. The molecule has 59 heavy (non-hydrogen) atoms. The quantitative estimate of drug-likeness (QED) is 0.0225. The van der Waals surface area contributed by atoms with E-state index >= 15 is 0 Å². The Bertz CT molecular complexity index is 1540. The van der Waals surface area contributed by atoms with Gasteiger partial charge in [-0.25, -0.2) is 9.55 Å². The molecule has 2 aromatic rings. The molecule has 1 aliphatic rings. The number of aliphatic hydroxyl groups excluding tert-OH is 2. The summed E-state index contributed by atoms with van der Waals surface area (Å²) >= 11 is 0. The molecular formula is C41H71FN5O11P. The zero-order chi connectivity index (χ0) is 42.9. The van der Waals surface area contributed by atoms with Gasteiger partial charge in [-0.3, -0.25) is 23.2 Å². The first-order valence-corrected chi connectivity index (χ1v) is 23.6. The minimum Gasteiger partial charge on any atom is -0.462 e. The molecule has 3 heterocycles. The number of anilines is 1.